The monoisotopic (exact) mass is 720 g/mol. The van der Waals surface area contributed by atoms with Crippen molar-refractivity contribution in [2.45, 2.75) is 83.6 Å². The second-order valence-corrected chi connectivity index (χ2v) is 19.8. The van der Waals surface area contributed by atoms with Gasteiger partial charge in [0.1, 0.15) is 12.2 Å². The van der Waals surface area contributed by atoms with E-state index in [1.54, 1.807) is 39.1 Å². The van der Waals surface area contributed by atoms with Gasteiger partial charge in [0.2, 0.25) is 5.95 Å². The topological polar surface area (TPSA) is 112 Å². The zero-order valence-corrected chi connectivity index (χ0v) is 30.3. The summed E-state index contributed by atoms with van der Waals surface area (Å²) in [6.07, 6.45) is -4.28. The summed E-state index contributed by atoms with van der Waals surface area (Å²) in [5, 5.41) is 6.61. The van der Waals surface area contributed by atoms with Gasteiger partial charge in [0, 0.05) is 23.8 Å². The van der Waals surface area contributed by atoms with Gasteiger partial charge in [-0.1, -0.05) is 56.4 Å². The third kappa shape index (κ3) is 10.2. The Bertz CT molecular complexity index is 1790. The summed E-state index contributed by atoms with van der Waals surface area (Å²) in [6.45, 7) is 14.5. The molecule has 0 saturated heterocycles. The molecule has 49 heavy (non-hydrogen) atoms. The van der Waals surface area contributed by atoms with Gasteiger partial charge < -0.3 is 19.2 Å². The van der Waals surface area contributed by atoms with Crippen molar-refractivity contribution < 1.29 is 41.1 Å². The maximum atomic E-state index is 13.7. The molecule has 2 atom stereocenters. The number of hydrogen-bond donors (Lipinski definition) is 2. The van der Waals surface area contributed by atoms with Crippen molar-refractivity contribution in [2.24, 2.45) is 0 Å². The Kier molecular flexibility index (Phi) is 11.1. The van der Waals surface area contributed by atoms with Crippen molar-refractivity contribution in [3.8, 4) is 10.4 Å². The van der Waals surface area contributed by atoms with Gasteiger partial charge in [0.25, 0.3) is 0 Å². The highest BCUT2D eigenvalue weighted by molar-refractivity contribution is 7.19. The minimum atomic E-state index is -4.55. The van der Waals surface area contributed by atoms with Crippen LogP contribution in [0, 0.1) is 5.95 Å². The van der Waals surface area contributed by atoms with E-state index in [-0.39, 0.29) is 10.2 Å². The number of pyridine rings is 1. The molecule has 0 saturated carbocycles. The number of amides is 2. The number of ether oxygens (including phenoxy) is 2. The van der Waals surface area contributed by atoms with Gasteiger partial charge in [-0.2, -0.15) is 17.6 Å². The molecule has 0 aliphatic carbocycles. The van der Waals surface area contributed by atoms with E-state index in [9.17, 15) is 27.2 Å². The van der Waals surface area contributed by atoms with E-state index < -0.39 is 62.5 Å². The number of rotatable bonds is 9. The standard InChI is InChI=1S/C34H40F4N4O5SSi/c1-32(2,3)46-31(44)41-25(28(47-49(7,8)33(4,5)6)20-11-13-24(14-12-20)34(36,37)38)19-45-30(43)42-29-40-18-26(48-29)21-9-10-22-17-39-27(35)16-23(22)15-21/h9-18,25,28H,19H2,1-8H3,(H,41,44)(H,40,42,43)/t25-,28+/m1/s1. The van der Waals surface area contributed by atoms with Crippen LogP contribution < -0.4 is 10.6 Å². The van der Waals surface area contributed by atoms with Gasteiger partial charge in [-0.15, -0.1) is 0 Å². The van der Waals surface area contributed by atoms with Crippen molar-refractivity contribution in [1.29, 1.82) is 0 Å². The molecule has 264 valence electrons. The van der Waals surface area contributed by atoms with Gasteiger partial charge in [-0.05, 0) is 73.6 Å². The quantitative estimate of drug-likeness (QED) is 0.101. The average Bonchev–Trinajstić information content (AvgIpc) is 3.44. The number of nitrogens with zero attached hydrogens (tertiary/aromatic N) is 2. The first-order chi connectivity index (χ1) is 22.6. The Morgan fingerprint density at radius 1 is 0.898 bits per heavy atom. The number of aromatic nitrogens is 2. The fourth-order valence-electron chi connectivity index (χ4n) is 4.42. The Morgan fingerprint density at radius 3 is 2.18 bits per heavy atom. The number of hydrogen-bond acceptors (Lipinski definition) is 8. The molecule has 2 heterocycles. The van der Waals surface area contributed by atoms with Crippen molar-refractivity contribution >= 4 is 47.7 Å². The zero-order valence-electron chi connectivity index (χ0n) is 28.5. The number of benzene rings is 2. The normalized spacial score (nSPS) is 13.9. The number of alkyl carbamates (subject to hydrolysis) is 1. The molecule has 4 rings (SSSR count). The molecule has 0 aliphatic rings. The predicted molar refractivity (Wildman–Crippen MR) is 183 cm³/mol. The van der Waals surface area contributed by atoms with E-state index in [1.807, 2.05) is 39.9 Å². The first-order valence-electron chi connectivity index (χ1n) is 15.4. The highest BCUT2D eigenvalue weighted by Gasteiger charge is 2.42. The van der Waals surface area contributed by atoms with Crippen molar-refractivity contribution in [1.82, 2.24) is 15.3 Å². The smallest absolute Gasteiger partial charge is 0.416 e. The Morgan fingerprint density at radius 2 is 1.57 bits per heavy atom. The fraction of sp³-hybridized carbons (Fsp3) is 0.412. The number of halogens is 4. The maximum Gasteiger partial charge on any atom is 0.416 e. The highest BCUT2D eigenvalue weighted by atomic mass is 32.1. The van der Waals surface area contributed by atoms with Crippen LogP contribution in [0.15, 0.2) is 60.9 Å². The lowest BCUT2D eigenvalue weighted by atomic mass is 10.0. The molecule has 2 amide bonds. The van der Waals surface area contributed by atoms with Crippen LogP contribution in [-0.2, 0) is 20.1 Å². The van der Waals surface area contributed by atoms with E-state index in [4.69, 9.17) is 13.9 Å². The van der Waals surface area contributed by atoms with E-state index in [2.05, 4.69) is 20.6 Å². The van der Waals surface area contributed by atoms with Crippen molar-refractivity contribution in [3.63, 3.8) is 0 Å². The molecule has 0 unspecified atom stereocenters. The van der Waals surface area contributed by atoms with Crippen molar-refractivity contribution in [2.75, 3.05) is 11.9 Å². The lowest BCUT2D eigenvalue weighted by Gasteiger charge is -2.41. The summed E-state index contributed by atoms with van der Waals surface area (Å²) in [5.74, 6) is -0.603. The Hall–Kier alpha value is -4.08. The third-order valence-electron chi connectivity index (χ3n) is 7.94. The first kappa shape index (κ1) is 37.7. The minimum absolute atomic E-state index is 0.217. The summed E-state index contributed by atoms with van der Waals surface area (Å²) in [6, 6.07) is 10.1. The number of nitrogens with one attached hydrogen (secondary N) is 2. The van der Waals surface area contributed by atoms with E-state index >= 15 is 0 Å². The first-order valence-corrected chi connectivity index (χ1v) is 19.1. The summed E-state index contributed by atoms with van der Waals surface area (Å²) in [7, 11) is -2.63. The second kappa shape index (κ2) is 14.4. The number of thiazole rings is 1. The number of alkyl halides is 3. The third-order valence-corrected chi connectivity index (χ3v) is 13.4. The molecular formula is C34H40F4N4O5SSi. The van der Waals surface area contributed by atoms with E-state index in [0.29, 0.717) is 15.8 Å². The Balaban J connectivity index is 1.58. The second-order valence-electron chi connectivity index (χ2n) is 14.0. The summed E-state index contributed by atoms with van der Waals surface area (Å²) in [4.78, 5) is 34.7. The van der Waals surface area contributed by atoms with Crippen LogP contribution in [0.5, 0.6) is 0 Å². The molecule has 0 radical (unpaired) electrons. The van der Waals surface area contributed by atoms with Gasteiger partial charge in [0.05, 0.1) is 22.6 Å². The molecule has 0 spiro atoms. The van der Waals surface area contributed by atoms with Gasteiger partial charge in [-0.25, -0.2) is 19.6 Å². The Labute approximate surface area is 287 Å². The van der Waals surface area contributed by atoms with Gasteiger partial charge in [0.15, 0.2) is 13.4 Å². The molecule has 15 heteroatoms. The fourth-order valence-corrected chi connectivity index (χ4v) is 6.51. The number of anilines is 1. The minimum Gasteiger partial charge on any atom is -0.447 e. The van der Waals surface area contributed by atoms with Gasteiger partial charge >= 0.3 is 18.4 Å². The highest BCUT2D eigenvalue weighted by Crippen LogP contribution is 2.41. The molecule has 0 aliphatic heterocycles. The molecule has 2 aromatic carbocycles. The summed E-state index contributed by atoms with van der Waals surface area (Å²) < 4.78 is 71.6. The molecule has 9 nitrogen and oxygen atoms in total. The molecular weight excluding hydrogens is 681 g/mol. The molecule has 4 aromatic rings. The van der Waals surface area contributed by atoms with Gasteiger partial charge in [-0.3, -0.25) is 5.32 Å². The molecule has 2 N–H and O–H groups in total. The van der Waals surface area contributed by atoms with Crippen LogP contribution in [0.4, 0.5) is 32.3 Å². The zero-order chi connectivity index (χ0) is 36.4. The predicted octanol–water partition coefficient (Wildman–Crippen LogP) is 9.72. The van der Waals surface area contributed by atoms with Crippen molar-refractivity contribution in [3.05, 3.63) is 78.0 Å². The van der Waals surface area contributed by atoms with Crippen LogP contribution in [-0.4, -0.2) is 48.7 Å². The number of carbonyl (C=O) groups excluding carboxylic acids is 2. The lowest BCUT2D eigenvalue weighted by Crippen LogP contribution is -2.50. The largest absolute Gasteiger partial charge is 0.447 e. The van der Waals surface area contributed by atoms with Crippen LogP contribution in [0.25, 0.3) is 21.2 Å². The molecule has 2 aromatic heterocycles. The van der Waals surface area contributed by atoms with E-state index in [1.165, 1.54) is 24.4 Å². The molecule has 0 bridgehead atoms. The lowest BCUT2D eigenvalue weighted by molar-refractivity contribution is -0.137. The SMILES string of the molecule is CC(C)(C)OC(=O)N[C@H](COC(=O)Nc1ncc(-c2ccc3cnc(F)cc3c2)s1)[C@@H](O[Si](C)(C)C(C)(C)C)c1ccc(C(F)(F)F)cc1. The van der Waals surface area contributed by atoms with Crippen LogP contribution >= 0.6 is 11.3 Å². The number of carbonyl (C=O) groups is 2. The van der Waals surface area contributed by atoms with E-state index in [0.717, 1.165) is 34.4 Å². The number of fused-ring (bicyclic) bond motifs is 1. The average molecular weight is 721 g/mol. The summed E-state index contributed by atoms with van der Waals surface area (Å²) in [5.41, 5.74) is -0.611. The van der Waals surface area contributed by atoms with Crippen LogP contribution in [0.1, 0.15) is 58.8 Å². The maximum absolute atomic E-state index is 13.7. The van der Waals surface area contributed by atoms with Crippen LogP contribution in [0.3, 0.4) is 0 Å². The molecule has 0 fully saturated rings. The van der Waals surface area contributed by atoms with Crippen LogP contribution in [0.2, 0.25) is 18.1 Å². The summed E-state index contributed by atoms with van der Waals surface area (Å²) >= 11 is 1.16.